The SMILES string of the molecule is O=[N+]([O-])c1cnc(I)c(Br)c1. The number of halogens is 2. The summed E-state index contributed by atoms with van der Waals surface area (Å²) in [6.45, 7) is 0. The number of pyridine rings is 1. The van der Waals surface area contributed by atoms with Gasteiger partial charge >= 0.3 is 0 Å². The van der Waals surface area contributed by atoms with Gasteiger partial charge < -0.3 is 0 Å². The molecule has 0 aliphatic heterocycles. The van der Waals surface area contributed by atoms with Crippen LogP contribution in [0.5, 0.6) is 0 Å². The van der Waals surface area contributed by atoms with Crippen LogP contribution in [0.2, 0.25) is 0 Å². The van der Waals surface area contributed by atoms with Gasteiger partial charge in [-0.15, -0.1) is 0 Å². The zero-order valence-electron chi connectivity index (χ0n) is 5.12. The van der Waals surface area contributed by atoms with Gasteiger partial charge in [0.05, 0.1) is 9.40 Å². The van der Waals surface area contributed by atoms with Crippen molar-refractivity contribution < 1.29 is 4.92 Å². The summed E-state index contributed by atoms with van der Waals surface area (Å²) in [5, 5.41) is 10.2. The summed E-state index contributed by atoms with van der Waals surface area (Å²) in [4.78, 5) is 13.5. The summed E-state index contributed by atoms with van der Waals surface area (Å²) in [6.07, 6.45) is 1.23. The highest BCUT2D eigenvalue weighted by atomic mass is 127. The van der Waals surface area contributed by atoms with E-state index in [4.69, 9.17) is 0 Å². The van der Waals surface area contributed by atoms with Crippen LogP contribution in [-0.4, -0.2) is 9.91 Å². The Kier molecular flexibility index (Phi) is 2.77. The van der Waals surface area contributed by atoms with Crippen molar-refractivity contribution in [3.05, 3.63) is 30.6 Å². The minimum atomic E-state index is -0.478. The standard InChI is InChI=1S/C5H2BrIN2O2/c6-4-1-3(9(10)11)2-8-5(4)7/h1-2H. The van der Waals surface area contributed by atoms with Crippen molar-refractivity contribution in [2.45, 2.75) is 0 Å². The van der Waals surface area contributed by atoms with Crippen LogP contribution >= 0.6 is 38.5 Å². The van der Waals surface area contributed by atoms with E-state index in [9.17, 15) is 10.1 Å². The molecule has 1 rings (SSSR count). The van der Waals surface area contributed by atoms with Gasteiger partial charge in [-0.2, -0.15) is 0 Å². The van der Waals surface area contributed by atoms with Gasteiger partial charge in [0.15, 0.2) is 0 Å². The molecule has 0 aliphatic carbocycles. The molecule has 0 radical (unpaired) electrons. The number of nitrogens with zero attached hydrogens (tertiary/aromatic N) is 2. The number of hydrogen-bond acceptors (Lipinski definition) is 3. The summed E-state index contributed by atoms with van der Waals surface area (Å²) in [6, 6.07) is 1.43. The van der Waals surface area contributed by atoms with E-state index in [1.807, 2.05) is 22.6 Å². The molecule has 0 saturated heterocycles. The summed E-state index contributed by atoms with van der Waals surface area (Å²) in [5.41, 5.74) is -0.00251. The number of hydrogen-bond donors (Lipinski definition) is 0. The van der Waals surface area contributed by atoms with Gasteiger partial charge in [0, 0.05) is 6.07 Å². The lowest BCUT2D eigenvalue weighted by Crippen LogP contribution is -1.90. The number of nitro groups is 1. The molecule has 1 heterocycles. The quantitative estimate of drug-likeness (QED) is 0.344. The molecule has 0 spiro atoms. The van der Waals surface area contributed by atoms with Crippen molar-refractivity contribution in [2.75, 3.05) is 0 Å². The molecule has 0 aromatic carbocycles. The van der Waals surface area contributed by atoms with E-state index in [1.54, 1.807) is 0 Å². The first kappa shape index (κ1) is 8.85. The fraction of sp³-hybridized carbons (Fsp3) is 0. The minimum absolute atomic E-state index is 0.00251. The first-order valence-electron chi connectivity index (χ1n) is 2.56. The van der Waals surface area contributed by atoms with Crippen LogP contribution in [0.1, 0.15) is 0 Å². The summed E-state index contributed by atoms with van der Waals surface area (Å²) in [7, 11) is 0. The predicted molar refractivity (Wildman–Crippen MR) is 51.3 cm³/mol. The average Bonchev–Trinajstić information content (AvgIpc) is 1.94. The second kappa shape index (κ2) is 3.44. The van der Waals surface area contributed by atoms with E-state index in [-0.39, 0.29) is 5.69 Å². The minimum Gasteiger partial charge on any atom is -0.258 e. The van der Waals surface area contributed by atoms with Gasteiger partial charge in [-0.3, -0.25) is 10.1 Å². The van der Waals surface area contributed by atoms with Gasteiger partial charge in [0.2, 0.25) is 0 Å². The first-order chi connectivity index (χ1) is 5.11. The van der Waals surface area contributed by atoms with Crippen molar-refractivity contribution in [3.63, 3.8) is 0 Å². The molecule has 4 nitrogen and oxygen atoms in total. The summed E-state index contributed by atoms with van der Waals surface area (Å²) >= 11 is 5.12. The molecule has 0 unspecified atom stereocenters. The molecule has 0 atom stereocenters. The fourth-order valence-electron chi connectivity index (χ4n) is 0.511. The maximum atomic E-state index is 10.2. The molecule has 11 heavy (non-hydrogen) atoms. The third-order valence-corrected chi connectivity index (χ3v) is 3.20. The van der Waals surface area contributed by atoms with Crippen LogP contribution in [0.15, 0.2) is 16.7 Å². The lowest BCUT2D eigenvalue weighted by atomic mass is 10.4. The van der Waals surface area contributed by atoms with Crippen LogP contribution in [-0.2, 0) is 0 Å². The fourth-order valence-corrected chi connectivity index (χ4v) is 1.14. The number of aromatic nitrogens is 1. The van der Waals surface area contributed by atoms with Crippen molar-refractivity contribution in [1.82, 2.24) is 4.98 Å². The van der Waals surface area contributed by atoms with Crippen molar-refractivity contribution in [3.8, 4) is 0 Å². The Morgan fingerprint density at radius 3 is 2.82 bits per heavy atom. The summed E-state index contributed by atoms with van der Waals surface area (Å²) in [5.74, 6) is 0. The molecule has 6 heteroatoms. The molecule has 0 aliphatic rings. The highest BCUT2D eigenvalue weighted by Crippen LogP contribution is 2.21. The first-order valence-corrected chi connectivity index (χ1v) is 4.44. The zero-order chi connectivity index (χ0) is 8.43. The van der Waals surface area contributed by atoms with E-state index in [1.165, 1.54) is 12.3 Å². The third kappa shape index (κ3) is 2.09. The van der Waals surface area contributed by atoms with E-state index in [0.717, 1.165) is 0 Å². The predicted octanol–water partition coefficient (Wildman–Crippen LogP) is 2.36. The van der Waals surface area contributed by atoms with Crippen LogP contribution in [0.3, 0.4) is 0 Å². The van der Waals surface area contributed by atoms with Gasteiger partial charge in [-0.25, -0.2) is 4.98 Å². The highest BCUT2D eigenvalue weighted by Gasteiger charge is 2.07. The monoisotopic (exact) mass is 328 g/mol. The highest BCUT2D eigenvalue weighted by molar-refractivity contribution is 14.1. The van der Waals surface area contributed by atoms with E-state index in [2.05, 4.69) is 20.9 Å². The third-order valence-electron chi connectivity index (χ3n) is 0.993. The van der Waals surface area contributed by atoms with Gasteiger partial charge in [0.1, 0.15) is 9.90 Å². The van der Waals surface area contributed by atoms with E-state index < -0.39 is 4.92 Å². The average molecular weight is 329 g/mol. The maximum Gasteiger partial charge on any atom is 0.288 e. The normalized spacial score (nSPS) is 9.64. The van der Waals surface area contributed by atoms with Gasteiger partial charge in [-0.05, 0) is 38.5 Å². The van der Waals surface area contributed by atoms with Gasteiger partial charge in [0.25, 0.3) is 5.69 Å². The second-order valence-corrected chi connectivity index (χ2v) is 3.60. The van der Waals surface area contributed by atoms with Crippen molar-refractivity contribution in [2.24, 2.45) is 0 Å². The Hall–Kier alpha value is -0.240. The van der Waals surface area contributed by atoms with Gasteiger partial charge in [-0.1, -0.05) is 0 Å². The largest absolute Gasteiger partial charge is 0.288 e. The molecule has 0 N–H and O–H groups in total. The van der Waals surface area contributed by atoms with Crippen molar-refractivity contribution >= 4 is 44.2 Å². The van der Waals surface area contributed by atoms with E-state index >= 15 is 0 Å². The molecule has 0 saturated carbocycles. The van der Waals surface area contributed by atoms with E-state index in [0.29, 0.717) is 8.17 Å². The molecule has 0 bridgehead atoms. The van der Waals surface area contributed by atoms with Crippen LogP contribution in [0.4, 0.5) is 5.69 Å². The Morgan fingerprint density at radius 1 is 1.73 bits per heavy atom. The molecular formula is C5H2BrIN2O2. The molecule has 1 aromatic heterocycles. The van der Waals surface area contributed by atoms with Crippen LogP contribution < -0.4 is 0 Å². The molecule has 1 aromatic rings. The Labute approximate surface area is 84.4 Å². The Bertz CT molecular complexity index is 305. The number of rotatable bonds is 1. The van der Waals surface area contributed by atoms with Crippen LogP contribution in [0, 0.1) is 13.8 Å². The smallest absolute Gasteiger partial charge is 0.258 e. The zero-order valence-corrected chi connectivity index (χ0v) is 8.87. The molecule has 0 amide bonds. The lowest BCUT2D eigenvalue weighted by molar-refractivity contribution is -0.385. The topological polar surface area (TPSA) is 56.0 Å². The Morgan fingerprint density at radius 2 is 2.36 bits per heavy atom. The maximum absolute atomic E-state index is 10.2. The molecular weight excluding hydrogens is 327 g/mol. The molecule has 0 fully saturated rings. The van der Waals surface area contributed by atoms with Crippen molar-refractivity contribution in [1.29, 1.82) is 0 Å². The lowest BCUT2D eigenvalue weighted by Gasteiger charge is -1.93. The Balaban J connectivity index is 3.15. The summed E-state index contributed by atoms with van der Waals surface area (Å²) < 4.78 is 1.36. The second-order valence-electron chi connectivity index (χ2n) is 1.72. The molecule has 58 valence electrons. The van der Waals surface area contributed by atoms with Crippen LogP contribution in [0.25, 0.3) is 0 Å².